The molecular weight excluding hydrogens is 482 g/mol. The van der Waals surface area contributed by atoms with Gasteiger partial charge in [-0.25, -0.2) is 0 Å². The molecule has 3 aromatic rings. The quantitative estimate of drug-likeness (QED) is 0.338. The van der Waals surface area contributed by atoms with E-state index in [-0.39, 0.29) is 41.8 Å². The van der Waals surface area contributed by atoms with Crippen molar-refractivity contribution in [1.29, 1.82) is 0 Å². The fraction of sp³-hybridized carbons (Fsp3) is 0.419. The molecule has 1 fully saturated rings. The Morgan fingerprint density at radius 1 is 1.03 bits per heavy atom. The fourth-order valence-electron chi connectivity index (χ4n) is 5.82. The van der Waals surface area contributed by atoms with E-state index in [9.17, 15) is 9.59 Å². The number of halogens is 1. The highest BCUT2D eigenvalue weighted by Crippen LogP contribution is 2.43. The van der Waals surface area contributed by atoms with Crippen LogP contribution in [-0.4, -0.2) is 33.9 Å². The van der Waals surface area contributed by atoms with Crippen molar-refractivity contribution in [3.63, 3.8) is 0 Å². The first kappa shape index (κ1) is 25.6. The highest BCUT2D eigenvalue weighted by atomic mass is 35.5. The summed E-state index contributed by atoms with van der Waals surface area (Å²) in [5.74, 6) is 0.274. The second-order valence-electron chi connectivity index (χ2n) is 11.8. The second-order valence-corrected chi connectivity index (χ2v) is 12.3. The number of hydrogen-bond acceptors (Lipinski definition) is 2. The Kier molecular flexibility index (Phi) is 6.93. The van der Waals surface area contributed by atoms with Crippen LogP contribution in [0.15, 0.2) is 66.9 Å². The minimum Gasteiger partial charge on any atom is -0.330 e. The summed E-state index contributed by atoms with van der Waals surface area (Å²) in [5, 5.41) is 0.629. The van der Waals surface area contributed by atoms with Crippen molar-refractivity contribution in [1.82, 2.24) is 9.47 Å². The predicted octanol–water partition coefficient (Wildman–Crippen LogP) is 7.02. The molecule has 1 aliphatic carbocycles. The van der Waals surface area contributed by atoms with E-state index < -0.39 is 0 Å². The fourth-order valence-corrected chi connectivity index (χ4v) is 6.01. The number of benzene rings is 2. The van der Waals surface area contributed by atoms with Gasteiger partial charge in [-0.05, 0) is 72.6 Å². The van der Waals surface area contributed by atoms with E-state index in [0.717, 1.165) is 41.9 Å². The highest BCUT2D eigenvalue weighted by Gasteiger charge is 2.40. The SMILES string of the molecule is CC(CC(=O)N(CC(=O)N1c2ccccc2-n2cccc2C1c1cccc(Cl)c1)C1CC1)CC(C)(C)C. The van der Waals surface area contributed by atoms with E-state index in [4.69, 9.17) is 11.6 Å². The molecule has 2 aromatic carbocycles. The average Bonchev–Trinajstić information content (AvgIpc) is 3.55. The van der Waals surface area contributed by atoms with Crippen molar-refractivity contribution in [3.05, 3.63) is 83.1 Å². The van der Waals surface area contributed by atoms with Gasteiger partial charge < -0.3 is 9.47 Å². The van der Waals surface area contributed by atoms with Crippen molar-refractivity contribution in [2.75, 3.05) is 11.4 Å². The molecule has 5 rings (SSSR count). The van der Waals surface area contributed by atoms with Gasteiger partial charge in [-0.15, -0.1) is 0 Å². The Morgan fingerprint density at radius 3 is 2.43 bits per heavy atom. The summed E-state index contributed by atoms with van der Waals surface area (Å²) in [6, 6.07) is 19.6. The number of amides is 2. The number of aromatic nitrogens is 1. The molecule has 0 bridgehead atoms. The van der Waals surface area contributed by atoms with Gasteiger partial charge in [0, 0.05) is 23.7 Å². The summed E-state index contributed by atoms with van der Waals surface area (Å²) in [5.41, 5.74) is 3.90. The molecule has 1 saturated carbocycles. The lowest BCUT2D eigenvalue weighted by atomic mass is 9.84. The maximum atomic E-state index is 14.2. The number of hydrogen-bond donors (Lipinski definition) is 0. The molecule has 1 aliphatic heterocycles. The van der Waals surface area contributed by atoms with Crippen LogP contribution in [0, 0.1) is 11.3 Å². The first-order chi connectivity index (χ1) is 17.6. The first-order valence-corrected chi connectivity index (χ1v) is 13.6. The maximum Gasteiger partial charge on any atom is 0.247 e. The van der Waals surface area contributed by atoms with Crippen LogP contribution in [0.1, 0.15) is 70.7 Å². The van der Waals surface area contributed by atoms with E-state index in [1.54, 1.807) is 0 Å². The molecule has 2 unspecified atom stereocenters. The van der Waals surface area contributed by atoms with Gasteiger partial charge in [0.2, 0.25) is 11.8 Å². The molecule has 6 heteroatoms. The number of carbonyl (C=O) groups excluding carboxylic acids is 2. The topological polar surface area (TPSA) is 45.6 Å². The monoisotopic (exact) mass is 517 g/mol. The van der Waals surface area contributed by atoms with E-state index in [1.807, 2.05) is 70.6 Å². The molecule has 1 aromatic heterocycles. The first-order valence-electron chi connectivity index (χ1n) is 13.3. The van der Waals surface area contributed by atoms with Crippen LogP contribution in [0.25, 0.3) is 5.69 Å². The molecular formula is C31H36ClN3O2. The number of anilines is 1. The molecule has 0 N–H and O–H groups in total. The highest BCUT2D eigenvalue weighted by molar-refractivity contribution is 6.30. The smallest absolute Gasteiger partial charge is 0.247 e. The predicted molar refractivity (Wildman–Crippen MR) is 149 cm³/mol. The molecule has 2 heterocycles. The standard InChI is InChI=1S/C31H36ClN3O2/c1-21(19-31(2,3)4)17-28(36)34(24-14-15-24)20-29(37)35-26-12-6-5-11-25(26)33-16-8-13-27(33)30(35)22-9-7-10-23(32)18-22/h5-13,16,18,21,24,30H,14-15,17,19-20H2,1-4H3. The number of rotatable bonds is 7. The normalized spacial score (nSPS) is 17.6. The Morgan fingerprint density at radius 2 is 1.76 bits per heavy atom. The molecule has 0 saturated heterocycles. The van der Waals surface area contributed by atoms with Crippen molar-refractivity contribution < 1.29 is 9.59 Å². The lowest BCUT2D eigenvalue weighted by molar-refractivity contribution is -0.136. The minimum atomic E-state index is -0.341. The number of fused-ring (bicyclic) bond motifs is 3. The van der Waals surface area contributed by atoms with Gasteiger partial charge in [-0.3, -0.25) is 14.5 Å². The van der Waals surface area contributed by atoms with E-state index in [0.29, 0.717) is 11.4 Å². The molecule has 2 atom stereocenters. The Bertz CT molecular complexity index is 1300. The second kappa shape index (κ2) is 10.0. The molecule has 2 amide bonds. The minimum absolute atomic E-state index is 0.0754. The summed E-state index contributed by atoms with van der Waals surface area (Å²) < 4.78 is 2.14. The third-order valence-electron chi connectivity index (χ3n) is 7.25. The number of carbonyl (C=O) groups is 2. The third kappa shape index (κ3) is 5.47. The Labute approximate surface area is 225 Å². The van der Waals surface area contributed by atoms with Crippen molar-refractivity contribution >= 4 is 29.1 Å². The van der Waals surface area contributed by atoms with E-state index in [2.05, 4.69) is 38.3 Å². The Balaban J connectivity index is 1.48. The van der Waals surface area contributed by atoms with Crippen molar-refractivity contribution in [3.8, 4) is 5.69 Å². The van der Waals surface area contributed by atoms with Gasteiger partial charge in [-0.1, -0.05) is 63.6 Å². The van der Waals surface area contributed by atoms with Crippen LogP contribution in [0.5, 0.6) is 0 Å². The summed E-state index contributed by atoms with van der Waals surface area (Å²) >= 11 is 6.40. The average molecular weight is 518 g/mol. The Hall–Kier alpha value is -3.05. The van der Waals surface area contributed by atoms with Crippen molar-refractivity contribution in [2.45, 2.75) is 65.5 Å². The van der Waals surface area contributed by atoms with Crippen molar-refractivity contribution in [2.24, 2.45) is 11.3 Å². The van der Waals surface area contributed by atoms with Crippen LogP contribution in [0.4, 0.5) is 5.69 Å². The zero-order valence-electron chi connectivity index (χ0n) is 22.2. The maximum absolute atomic E-state index is 14.2. The van der Waals surface area contributed by atoms with Crippen LogP contribution < -0.4 is 4.90 Å². The molecule has 2 aliphatic rings. The summed E-state index contributed by atoms with van der Waals surface area (Å²) in [7, 11) is 0. The van der Waals surface area contributed by atoms with Gasteiger partial charge in [0.1, 0.15) is 12.6 Å². The molecule has 37 heavy (non-hydrogen) atoms. The van der Waals surface area contributed by atoms with Crippen LogP contribution >= 0.6 is 11.6 Å². The molecule has 5 nitrogen and oxygen atoms in total. The zero-order chi connectivity index (χ0) is 26.3. The number of para-hydroxylation sites is 2. The molecule has 0 spiro atoms. The lowest BCUT2D eigenvalue weighted by Gasteiger charge is -2.39. The van der Waals surface area contributed by atoms with Gasteiger partial charge in [-0.2, -0.15) is 0 Å². The van der Waals surface area contributed by atoms with Crippen LogP contribution in [-0.2, 0) is 9.59 Å². The summed E-state index contributed by atoms with van der Waals surface area (Å²) in [6.07, 6.45) is 5.40. The zero-order valence-corrected chi connectivity index (χ0v) is 22.9. The largest absolute Gasteiger partial charge is 0.330 e. The molecule has 194 valence electrons. The lowest BCUT2D eigenvalue weighted by Crippen LogP contribution is -2.47. The van der Waals surface area contributed by atoms with Gasteiger partial charge >= 0.3 is 0 Å². The van der Waals surface area contributed by atoms with Gasteiger partial charge in [0.15, 0.2) is 0 Å². The summed E-state index contributed by atoms with van der Waals surface area (Å²) in [4.78, 5) is 31.4. The number of nitrogens with zero attached hydrogens (tertiary/aromatic N) is 3. The van der Waals surface area contributed by atoms with E-state index in [1.165, 1.54) is 0 Å². The third-order valence-corrected chi connectivity index (χ3v) is 7.49. The van der Waals surface area contributed by atoms with Crippen LogP contribution in [0.2, 0.25) is 5.02 Å². The van der Waals surface area contributed by atoms with Gasteiger partial charge in [0.25, 0.3) is 0 Å². The van der Waals surface area contributed by atoms with E-state index >= 15 is 0 Å². The van der Waals surface area contributed by atoms with Crippen LogP contribution in [0.3, 0.4) is 0 Å². The molecule has 0 radical (unpaired) electrons. The summed E-state index contributed by atoms with van der Waals surface area (Å²) in [6.45, 7) is 8.83. The van der Waals surface area contributed by atoms with Gasteiger partial charge in [0.05, 0.1) is 17.1 Å².